The number of rotatable bonds is 4. The average Bonchev–Trinajstić information content (AvgIpc) is 3.03. The zero-order chi connectivity index (χ0) is 15.7. The molecule has 1 aromatic heterocycles. The van der Waals surface area contributed by atoms with Gasteiger partial charge in [-0.1, -0.05) is 24.3 Å². The van der Waals surface area contributed by atoms with Crippen LogP contribution in [-0.2, 0) is 11.3 Å². The Bertz CT molecular complexity index is 675. The Kier molecular flexibility index (Phi) is 3.57. The van der Waals surface area contributed by atoms with E-state index in [1.807, 2.05) is 24.3 Å². The molecule has 1 amide bonds. The summed E-state index contributed by atoms with van der Waals surface area (Å²) in [5, 5.41) is 20.3. The van der Waals surface area contributed by atoms with E-state index >= 15 is 0 Å². The summed E-state index contributed by atoms with van der Waals surface area (Å²) in [5.41, 5.74) is 2.27. The maximum Gasteiger partial charge on any atom is 0.223 e. The van der Waals surface area contributed by atoms with Crippen molar-refractivity contribution in [2.45, 2.75) is 25.8 Å². The number of amides is 1. The van der Waals surface area contributed by atoms with Crippen LogP contribution in [0.2, 0.25) is 0 Å². The molecule has 2 heterocycles. The van der Waals surface area contributed by atoms with Crippen LogP contribution in [0.25, 0.3) is 11.4 Å². The van der Waals surface area contributed by atoms with E-state index in [0.29, 0.717) is 12.4 Å². The van der Waals surface area contributed by atoms with Crippen molar-refractivity contribution in [3.8, 4) is 11.4 Å². The maximum atomic E-state index is 12.3. The largest absolute Gasteiger partial charge is 0.352 e. The highest BCUT2D eigenvalue weighted by molar-refractivity contribution is 5.82. The van der Waals surface area contributed by atoms with Crippen LogP contribution in [-0.4, -0.2) is 39.6 Å². The Hall–Kier alpha value is -2.28. The molecule has 1 spiro atoms. The summed E-state index contributed by atoms with van der Waals surface area (Å²) in [6.45, 7) is 2.65. The van der Waals surface area contributed by atoms with Crippen molar-refractivity contribution in [2.75, 3.05) is 13.1 Å². The number of benzene rings is 1. The molecule has 0 bridgehead atoms. The molecule has 4 rings (SSSR count). The number of nitrogens with one attached hydrogen (secondary N) is 3. The Labute approximate surface area is 134 Å². The lowest BCUT2D eigenvalue weighted by molar-refractivity contribution is -0.123. The minimum atomic E-state index is 0.203. The molecule has 1 saturated heterocycles. The second-order valence-electron chi connectivity index (χ2n) is 6.52. The Morgan fingerprint density at radius 2 is 2.04 bits per heavy atom. The number of hydrogen-bond acceptors (Lipinski definition) is 5. The van der Waals surface area contributed by atoms with Crippen molar-refractivity contribution in [1.29, 1.82) is 0 Å². The summed E-state index contributed by atoms with van der Waals surface area (Å²) >= 11 is 0. The molecule has 7 heteroatoms. The van der Waals surface area contributed by atoms with Gasteiger partial charge in [-0.25, -0.2) is 0 Å². The Morgan fingerprint density at radius 1 is 1.26 bits per heavy atom. The molecule has 2 aliphatic rings. The maximum absolute atomic E-state index is 12.3. The fourth-order valence-electron chi connectivity index (χ4n) is 3.56. The van der Waals surface area contributed by atoms with Gasteiger partial charge in [-0.15, -0.1) is 10.2 Å². The molecular formula is C16H20N6O. The first-order valence-electron chi connectivity index (χ1n) is 8.08. The van der Waals surface area contributed by atoms with Crippen molar-refractivity contribution in [3.63, 3.8) is 0 Å². The normalized spacial score (nSPS) is 22.0. The monoisotopic (exact) mass is 312 g/mol. The molecule has 2 aromatic rings. The van der Waals surface area contributed by atoms with Crippen molar-refractivity contribution in [2.24, 2.45) is 11.3 Å². The van der Waals surface area contributed by atoms with E-state index in [1.165, 1.54) is 0 Å². The molecule has 7 nitrogen and oxygen atoms in total. The van der Waals surface area contributed by atoms with Crippen LogP contribution in [0.3, 0.4) is 0 Å². The van der Waals surface area contributed by atoms with Gasteiger partial charge in [0.05, 0.1) is 0 Å². The summed E-state index contributed by atoms with van der Waals surface area (Å²) in [5.74, 6) is 0.990. The van der Waals surface area contributed by atoms with Gasteiger partial charge in [-0.05, 0) is 48.5 Å². The molecule has 2 fully saturated rings. The summed E-state index contributed by atoms with van der Waals surface area (Å²) in [7, 11) is 0. The Balaban J connectivity index is 1.32. The van der Waals surface area contributed by atoms with Crippen molar-refractivity contribution in [3.05, 3.63) is 29.8 Å². The van der Waals surface area contributed by atoms with Gasteiger partial charge < -0.3 is 10.6 Å². The fraction of sp³-hybridized carbons (Fsp3) is 0.500. The van der Waals surface area contributed by atoms with Crippen LogP contribution in [0.5, 0.6) is 0 Å². The molecule has 23 heavy (non-hydrogen) atoms. The topological polar surface area (TPSA) is 95.6 Å². The third-order valence-corrected chi connectivity index (χ3v) is 5.13. The van der Waals surface area contributed by atoms with E-state index in [9.17, 15) is 4.79 Å². The highest BCUT2D eigenvalue weighted by Gasteiger charge is 2.57. The second-order valence-corrected chi connectivity index (χ2v) is 6.52. The van der Waals surface area contributed by atoms with Crippen LogP contribution < -0.4 is 10.6 Å². The van der Waals surface area contributed by atoms with Crippen molar-refractivity contribution in [1.82, 2.24) is 31.3 Å². The van der Waals surface area contributed by atoms with Crippen LogP contribution in [0.15, 0.2) is 24.3 Å². The van der Waals surface area contributed by atoms with Crippen LogP contribution in [0, 0.1) is 11.3 Å². The van der Waals surface area contributed by atoms with Gasteiger partial charge in [-0.2, -0.15) is 5.21 Å². The van der Waals surface area contributed by atoms with Crippen LogP contribution >= 0.6 is 0 Å². The smallest absolute Gasteiger partial charge is 0.223 e. The second kappa shape index (κ2) is 5.73. The number of piperidine rings is 1. The van der Waals surface area contributed by atoms with Gasteiger partial charge >= 0.3 is 0 Å². The van der Waals surface area contributed by atoms with Gasteiger partial charge in [0.1, 0.15) is 0 Å². The lowest BCUT2D eigenvalue weighted by Gasteiger charge is -2.23. The number of nitrogens with zero attached hydrogens (tertiary/aromatic N) is 3. The van der Waals surface area contributed by atoms with Gasteiger partial charge in [0, 0.05) is 18.0 Å². The van der Waals surface area contributed by atoms with E-state index in [0.717, 1.165) is 43.5 Å². The molecule has 0 radical (unpaired) electrons. The standard InChI is InChI=1S/C16H20N6O/c23-15(13-9-16(13)5-7-17-8-6-16)18-10-11-1-3-12(4-2-11)14-19-21-22-20-14/h1-4,13,17H,5-10H2,(H,18,23)(H,19,20,21,22). The quantitative estimate of drug-likeness (QED) is 0.778. The van der Waals surface area contributed by atoms with E-state index in [1.54, 1.807) is 0 Å². The predicted octanol–water partition coefficient (Wildman–Crippen LogP) is 0.873. The van der Waals surface area contributed by atoms with E-state index in [2.05, 4.69) is 31.3 Å². The molecule has 1 saturated carbocycles. The number of carbonyl (C=O) groups is 1. The zero-order valence-corrected chi connectivity index (χ0v) is 12.9. The SMILES string of the molecule is O=C(NCc1ccc(-c2nn[nH]n2)cc1)C1CC12CCNCC2. The Morgan fingerprint density at radius 3 is 2.74 bits per heavy atom. The minimum Gasteiger partial charge on any atom is -0.352 e. The van der Waals surface area contributed by atoms with E-state index < -0.39 is 0 Å². The highest BCUT2D eigenvalue weighted by Crippen LogP contribution is 2.58. The lowest BCUT2D eigenvalue weighted by Crippen LogP contribution is -2.33. The summed E-state index contributed by atoms with van der Waals surface area (Å²) in [6.07, 6.45) is 3.31. The number of aromatic nitrogens is 4. The van der Waals surface area contributed by atoms with Gasteiger partial charge in [0.15, 0.2) is 0 Å². The summed E-state index contributed by atoms with van der Waals surface area (Å²) < 4.78 is 0. The molecule has 120 valence electrons. The number of hydrogen-bond donors (Lipinski definition) is 3. The summed E-state index contributed by atoms with van der Waals surface area (Å²) in [4.78, 5) is 12.3. The van der Waals surface area contributed by atoms with Gasteiger partial charge in [0.2, 0.25) is 11.7 Å². The van der Waals surface area contributed by atoms with E-state index in [-0.39, 0.29) is 17.2 Å². The van der Waals surface area contributed by atoms with Crippen LogP contribution in [0.1, 0.15) is 24.8 Å². The highest BCUT2D eigenvalue weighted by atomic mass is 16.2. The third-order valence-electron chi connectivity index (χ3n) is 5.13. The first-order valence-corrected chi connectivity index (χ1v) is 8.08. The third kappa shape index (κ3) is 2.84. The summed E-state index contributed by atoms with van der Waals surface area (Å²) in [6, 6.07) is 7.86. The average molecular weight is 312 g/mol. The van der Waals surface area contributed by atoms with Crippen LogP contribution in [0.4, 0.5) is 0 Å². The number of aromatic amines is 1. The molecule has 1 aromatic carbocycles. The molecule has 3 N–H and O–H groups in total. The minimum absolute atomic E-state index is 0.203. The number of tetrazole rings is 1. The molecule has 1 aliphatic heterocycles. The van der Waals surface area contributed by atoms with Gasteiger partial charge in [-0.3, -0.25) is 4.79 Å². The van der Waals surface area contributed by atoms with Crippen molar-refractivity contribution < 1.29 is 4.79 Å². The van der Waals surface area contributed by atoms with Crippen molar-refractivity contribution >= 4 is 5.91 Å². The molecular weight excluding hydrogens is 292 g/mol. The number of carbonyl (C=O) groups excluding carboxylic acids is 1. The molecule has 1 unspecified atom stereocenters. The fourth-order valence-corrected chi connectivity index (χ4v) is 3.56. The lowest BCUT2D eigenvalue weighted by atomic mass is 9.92. The molecule has 1 aliphatic carbocycles. The molecule has 1 atom stereocenters. The first-order chi connectivity index (χ1) is 11.3. The van der Waals surface area contributed by atoms with Gasteiger partial charge in [0.25, 0.3) is 0 Å². The first kappa shape index (κ1) is 14.3. The van der Waals surface area contributed by atoms with E-state index in [4.69, 9.17) is 0 Å². The zero-order valence-electron chi connectivity index (χ0n) is 12.9. The number of H-pyrrole nitrogens is 1. The predicted molar refractivity (Wildman–Crippen MR) is 84.1 cm³/mol.